The molecular formula is C11H11ClFNO. The molecule has 1 aromatic heterocycles. The first-order chi connectivity index (χ1) is 7.18. The van der Waals surface area contributed by atoms with E-state index in [2.05, 4.69) is 4.98 Å². The van der Waals surface area contributed by atoms with E-state index in [1.54, 1.807) is 0 Å². The van der Waals surface area contributed by atoms with Crippen LogP contribution in [0.15, 0.2) is 12.3 Å². The van der Waals surface area contributed by atoms with Gasteiger partial charge in [0.05, 0.1) is 11.8 Å². The SMILES string of the molecule is O=C(c1cc(Cl)ncc1F)C1CCCC1. The number of rotatable bonds is 2. The highest BCUT2D eigenvalue weighted by molar-refractivity contribution is 6.29. The second kappa shape index (κ2) is 4.27. The first kappa shape index (κ1) is 10.6. The minimum atomic E-state index is -0.573. The molecule has 1 saturated carbocycles. The number of ketones is 1. The van der Waals surface area contributed by atoms with Gasteiger partial charge in [0.25, 0.3) is 0 Å². The molecule has 2 nitrogen and oxygen atoms in total. The van der Waals surface area contributed by atoms with Crippen molar-refractivity contribution in [3.8, 4) is 0 Å². The molecule has 80 valence electrons. The number of hydrogen-bond donors (Lipinski definition) is 0. The predicted molar refractivity (Wildman–Crippen MR) is 55.5 cm³/mol. The van der Waals surface area contributed by atoms with Gasteiger partial charge < -0.3 is 0 Å². The van der Waals surface area contributed by atoms with Crippen LogP contribution < -0.4 is 0 Å². The summed E-state index contributed by atoms with van der Waals surface area (Å²) in [5.74, 6) is -0.733. The van der Waals surface area contributed by atoms with Gasteiger partial charge in [0.15, 0.2) is 11.6 Å². The van der Waals surface area contributed by atoms with Crippen LogP contribution in [0.4, 0.5) is 4.39 Å². The lowest BCUT2D eigenvalue weighted by atomic mass is 9.97. The molecule has 0 aliphatic heterocycles. The highest BCUT2D eigenvalue weighted by Gasteiger charge is 2.26. The van der Waals surface area contributed by atoms with Crippen LogP contribution in [0, 0.1) is 11.7 Å². The summed E-state index contributed by atoms with van der Waals surface area (Å²) in [6, 6.07) is 1.32. The fourth-order valence-electron chi connectivity index (χ4n) is 2.01. The Kier molecular flexibility index (Phi) is 3.00. The van der Waals surface area contributed by atoms with Crippen molar-refractivity contribution >= 4 is 17.4 Å². The van der Waals surface area contributed by atoms with E-state index < -0.39 is 5.82 Å². The lowest BCUT2D eigenvalue weighted by molar-refractivity contribution is 0.0918. The molecule has 0 radical (unpaired) electrons. The monoisotopic (exact) mass is 227 g/mol. The third-order valence-electron chi connectivity index (χ3n) is 2.81. The quantitative estimate of drug-likeness (QED) is 0.574. The molecule has 4 heteroatoms. The van der Waals surface area contributed by atoms with E-state index in [0.717, 1.165) is 31.9 Å². The lowest BCUT2D eigenvalue weighted by Crippen LogP contribution is -2.13. The van der Waals surface area contributed by atoms with Gasteiger partial charge in [-0.1, -0.05) is 24.4 Å². The van der Waals surface area contributed by atoms with E-state index in [0.29, 0.717) is 0 Å². The van der Waals surface area contributed by atoms with Crippen LogP contribution in [-0.2, 0) is 0 Å². The minimum Gasteiger partial charge on any atom is -0.294 e. The van der Waals surface area contributed by atoms with Crippen molar-refractivity contribution in [3.05, 3.63) is 28.8 Å². The molecule has 1 aliphatic carbocycles. The van der Waals surface area contributed by atoms with Crippen molar-refractivity contribution in [2.45, 2.75) is 25.7 Å². The number of hydrogen-bond acceptors (Lipinski definition) is 2. The first-order valence-corrected chi connectivity index (χ1v) is 5.41. The molecule has 2 rings (SSSR count). The fraction of sp³-hybridized carbons (Fsp3) is 0.455. The van der Waals surface area contributed by atoms with Crippen LogP contribution in [0.1, 0.15) is 36.0 Å². The Hall–Kier alpha value is -0.960. The van der Waals surface area contributed by atoms with Crippen LogP contribution >= 0.6 is 11.6 Å². The zero-order valence-corrected chi connectivity index (χ0v) is 8.93. The van der Waals surface area contributed by atoms with Crippen LogP contribution in [0.5, 0.6) is 0 Å². The van der Waals surface area contributed by atoms with E-state index in [1.165, 1.54) is 6.07 Å². The van der Waals surface area contributed by atoms with Gasteiger partial charge in [-0.3, -0.25) is 4.79 Å². The Morgan fingerprint density at radius 1 is 1.47 bits per heavy atom. The van der Waals surface area contributed by atoms with Crippen LogP contribution in [0.3, 0.4) is 0 Å². The maximum atomic E-state index is 13.3. The topological polar surface area (TPSA) is 30.0 Å². The standard InChI is InChI=1S/C11H11ClFNO/c12-10-5-8(9(13)6-14-10)11(15)7-3-1-2-4-7/h5-7H,1-4H2. The minimum absolute atomic E-state index is 0.0297. The molecule has 1 aromatic rings. The van der Waals surface area contributed by atoms with Gasteiger partial charge in [-0.25, -0.2) is 9.37 Å². The molecule has 15 heavy (non-hydrogen) atoms. The Balaban J connectivity index is 2.27. The van der Waals surface area contributed by atoms with Gasteiger partial charge in [-0.2, -0.15) is 0 Å². The normalized spacial score (nSPS) is 16.9. The van der Waals surface area contributed by atoms with E-state index >= 15 is 0 Å². The van der Waals surface area contributed by atoms with E-state index in [4.69, 9.17) is 11.6 Å². The van der Waals surface area contributed by atoms with Crippen LogP contribution in [0.2, 0.25) is 5.15 Å². The molecule has 0 N–H and O–H groups in total. The number of halogens is 2. The van der Waals surface area contributed by atoms with Gasteiger partial charge in [0.1, 0.15) is 5.15 Å². The largest absolute Gasteiger partial charge is 0.294 e. The highest BCUT2D eigenvalue weighted by Crippen LogP contribution is 2.29. The number of nitrogens with zero attached hydrogens (tertiary/aromatic N) is 1. The molecule has 0 spiro atoms. The van der Waals surface area contributed by atoms with Crippen LogP contribution in [-0.4, -0.2) is 10.8 Å². The average molecular weight is 228 g/mol. The maximum absolute atomic E-state index is 13.3. The molecule has 1 heterocycles. The average Bonchev–Trinajstić information content (AvgIpc) is 2.74. The van der Waals surface area contributed by atoms with Gasteiger partial charge in [-0.15, -0.1) is 0 Å². The van der Waals surface area contributed by atoms with E-state index in [1.807, 2.05) is 0 Å². The number of carbonyl (C=O) groups excluding carboxylic acids is 1. The Morgan fingerprint density at radius 2 is 2.13 bits per heavy atom. The summed E-state index contributed by atoms with van der Waals surface area (Å²) in [5, 5.41) is 0.165. The molecule has 0 aromatic carbocycles. The van der Waals surface area contributed by atoms with Crippen molar-refractivity contribution in [1.29, 1.82) is 0 Å². The molecule has 0 atom stereocenters. The molecule has 0 saturated heterocycles. The van der Waals surface area contributed by atoms with Crippen molar-refractivity contribution < 1.29 is 9.18 Å². The maximum Gasteiger partial charge on any atom is 0.169 e. The second-order valence-corrected chi connectivity index (χ2v) is 4.22. The molecular weight excluding hydrogens is 217 g/mol. The summed E-state index contributed by atoms with van der Waals surface area (Å²) >= 11 is 5.64. The number of Topliss-reactive ketones (excluding diaryl/α,β-unsaturated/α-hetero) is 1. The first-order valence-electron chi connectivity index (χ1n) is 5.04. The lowest BCUT2D eigenvalue weighted by Gasteiger charge is -2.08. The van der Waals surface area contributed by atoms with Crippen molar-refractivity contribution in [3.63, 3.8) is 0 Å². The number of carbonyl (C=O) groups is 1. The molecule has 1 fully saturated rings. The summed E-state index contributed by atoms with van der Waals surface area (Å²) in [4.78, 5) is 15.5. The fourth-order valence-corrected chi connectivity index (χ4v) is 2.17. The third kappa shape index (κ3) is 2.17. The summed E-state index contributed by atoms with van der Waals surface area (Å²) in [6.45, 7) is 0. The van der Waals surface area contributed by atoms with Gasteiger partial charge >= 0.3 is 0 Å². The number of pyridine rings is 1. The Morgan fingerprint density at radius 3 is 2.80 bits per heavy atom. The van der Waals surface area contributed by atoms with E-state index in [9.17, 15) is 9.18 Å². The summed E-state index contributed by atoms with van der Waals surface area (Å²) in [7, 11) is 0. The van der Waals surface area contributed by atoms with Gasteiger partial charge in [-0.05, 0) is 18.9 Å². The Bertz CT molecular complexity index is 388. The van der Waals surface area contributed by atoms with Crippen LogP contribution in [0.25, 0.3) is 0 Å². The number of aromatic nitrogens is 1. The van der Waals surface area contributed by atoms with Crippen molar-refractivity contribution in [1.82, 2.24) is 4.98 Å². The summed E-state index contributed by atoms with van der Waals surface area (Å²) in [6.07, 6.45) is 4.83. The Labute approximate surface area is 92.5 Å². The predicted octanol–water partition coefficient (Wildman–Crippen LogP) is 3.25. The molecule has 0 unspecified atom stereocenters. The zero-order chi connectivity index (χ0) is 10.8. The molecule has 0 amide bonds. The summed E-state index contributed by atoms with van der Waals surface area (Å²) < 4.78 is 13.3. The second-order valence-electron chi connectivity index (χ2n) is 3.83. The zero-order valence-electron chi connectivity index (χ0n) is 8.17. The smallest absolute Gasteiger partial charge is 0.169 e. The van der Waals surface area contributed by atoms with Crippen molar-refractivity contribution in [2.75, 3.05) is 0 Å². The van der Waals surface area contributed by atoms with Gasteiger partial charge in [0, 0.05) is 5.92 Å². The van der Waals surface area contributed by atoms with Crippen molar-refractivity contribution in [2.24, 2.45) is 5.92 Å². The van der Waals surface area contributed by atoms with E-state index in [-0.39, 0.29) is 22.4 Å². The highest BCUT2D eigenvalue weighted by atomic mass is 35.5. The molecule has 0 bridgehead atoms. The third-order valence-corrected chi connectivity index (χ3v) is 3.02. The summed E-state index contributed by atoms with van der Waals surface area (Å²) in [5.41, 5.74) is 0.0851. The molecule has 1 aliphatic rings. The van der Waals surface area contributed by atoms with Gasteiger partial charge in [0.2, 0.25) is 0 Å².